The molecule has 3 heteroatoms. The minimum Gasteiger partial charge on any atom is -0.481 e. The Morgan fingerprint density at radius 2 is 1.57 bits per heavy atom. The van der Waals surface area contributed by atoms with Gasteiger partial charge in [-0.3, -0.25) is 4.79 Å². The number of hydrogen-bond donors (Lipinski definition) is 1. The molecule has 0 aromatic heterocycles. The highest BCUT2D eigenvalue weighted by Crippen LogP contribution is 1.70. The van der Waals surface area contributed by atoms with Gasteiger partial charge in [-0.1, -0.05) is 0 Å². The van der Waals surface area contributed by atoms with Gasteiger partial charge in [0.15, 0.2) is 0 Å². The highest BCUT2D eigenvalue weighted by molar-refractivity contribution is 7.97. The normalized spacial score (nSPS) is 6.14. The minimum atomic E-state index is -0.833. The highest BCUT2D eigenvalue weighted by Gasteiger charge is 1.65. The summed E-state index contributed by atoms with van der Waals surface area (Å²) in [6.07, 6.45) is 4.08. The smallest absolute Gasteiger partial charge is 0.300 e. The summed E-state index contributed by atoms with van der Waals surface area (Å²) in [5, 5.41) is 7.42. The lowest BCUT2D eigenvalue weighted by Crippen LogP contribution is -1.78. The van der Waals surface area contributed by atoms with Crippen molar-refractivity contribution >= 4 is 17.7 Å². The Labute approximate surface area is 47.9 Å². The first-order chi connectivity index (χ1) is 3.15. The van der Waals surface area contributed by atoms with E-state index < -0.39 is 5.97 Å². The maximum atomic E-state index is 9.00. The van der Waals surface area contributed by atoms with E-state index >= 15 is 0 Å². The Morgan fingerprint density at radius 3 is 1.57 bits per heavy atom. The molecule has 7 heavy (non-hydrogen) atoms. The fourth-order valence-corrected chi connectivity index (χ4v) is 0. The fourth-order valence-electron chi connectivity index (χ4n) is 0. The zero-order valence-corrected chi connectivity index (χ0v) is 5.58. The molecule has 0 aromatic rings. The van der Waals surface area contributed by atoms with Gasteiger partial charge >= 0.3 is 0 Å². The molecule has 0 amide bonds. The summed E-state index contributed by atoms with van der Waals surface area (Å²) in [6, 6.07) is 0. The molecule has 0 fully saturated rings. The lowest BCUT2D eigenvalue weighted by Gasteiger charge is -1.59. The van der Waals surface area contributed by atoms with Crippen molar-refractivity contribution in [3.8, 4) is 0 Å². The van der Waals surface area contributed by atoms with Crippen LogP contribution in [0.15, 0.2) is 0 Å². The molecule has 1 N–H and O–H groups in total. The molecule has 0 bridgehead atoms. The first-order valence-corrected chi connectivity index (χ1v) is 3.38. The molecule has 0 spiro atoms. The zero-order chi connectivity index (χ0) is 6.28. The van der Waals surface area contributed by atoms with Crippen molar-refractivity contribution in [1.82, 2.24) is 0 Å². The van der Waals surface area contributed by atoms with Crippen LogP contribution in [0, 0.1) is 0 Å². The third-order valence-electron chi connectivity index (χ3n) is 0. The molecule has 2 nitrogen and oxygen atoms in total. The first-order valence-electron chi connectivity index (χ1n) is 1.74. The van der Waals surface area contributed by atoms with Crippen LogP contribution >= 0.6 is 11.8 Å². The lowest BCUT2D eigenvalue weighted by molar-refractivity contribution is -0.134. The van der Waals surface area contributed by atoms with Crippen LogP contribution in [0.5, 0.6) is 0 Å². The van der Waals surface area contributed by atoms with E-state index in [2.05, 4.69) is 0 Å². The van der Waals surface area contributed by atoms with Crippen molar-refractivity contribution in [2.75, 3.05) is 12.5 Å². The molecular weight excluding hydrogens is 112 g/mol. The third-order valence-corrected chi connectivity index (χ3v) is 0. The van der Waals surface area contributed by atoms with Crippen LogP contribution in [0.2, 0.25) is 0 Å². The predicted molar refractivity (Wildman–Crippen MR) is 32.7 cm³/mol. The van der Waals surface area contributed by atoms with Gasteiger partial charge in [0.25, 0.3) is 5.97 Å². The van der Waals surface area contributed by atoms with Gasteiger partial charge in [0, 0.05) is 6.92 Å². The van der Waals surface area contributed by atoms with Gasteiger partial charge in [-0.05, 0) is 12.5 Å². The lowest BCUT2D eigenvalue weighted by atomic mass is 10.9. The number of carbonyl (C=O) groups is 1. The Morgan fingerprint density at radius 1 is 1.57 bits per heavy atom. The van der Waals surface area contributed by atoms with Crippen molar-refractivity contribution in [1.29, 1.82) is 0 Å². The van der Waals surface area contributed by atoms with E-state index in [9.17, 15) is 0 Å². The molecule has 0 atom stereocenters. The predicted octanol–water partition coefficient (Wildman–Crippen LogP) is 1.07. The molecular formula is C4H10O2S. The summed E-state index contributed by atoms with van der Waals surface area (Å²) in [7, 11) is 0. The summed E-state index contributed by atoms with van der Waals surface area (Å²) in [4.78, 5) is 9.00. The van der Waals surface area contributed by atoms with Crippen LogP contribution < -0.4 is 0 Å². The maximum Gasteiger partial charge on any atom is 0.300 e. The molecule has 0 rings (SSSR count). The first kappa shape index (κ1) is 9.94. The largest absolute Gasteiger partial charge is 0.481 e. The van der Waals surface area contributed by atoms with Crippen molar-refractivity contribution in [3.05, 3.63) is 0 Å². The van der Waals surface area contributed by atoms with Gasteiger partial charge in [-0.15, -0.1) is 0 Å². The Bertz CT molecular complexity index is 41.0. The van der Waals surface area contributed by atoms with Crippen LogP contribution in [0.1, 0.15) is 6.92 Å². The standard InChI is InChI=1S/C2H4O2.C2H6S/c1-2(3)4;1-3-2/h1H3,(H,3,4);1-2H3. The van der Waals surface area contributed by atoms with E-state index in [1.807, 2.05) is 12.5 Å². The Balaban J connectivity index is 0. The van der Waals surface area contributed by atoms with Crippen LogP contribution in [-0.4, -0.2) is 23.6 Å². The maximum absolute atomic E-state index is 9.00. The monoisotopic (exact) mass is 122 g/mol. The molecule has 0 saturated heterocycles. The molecule has 0 aromatic carbocycles. The number of hydrogen-bond acceptors (Lipinski definition) is 2. The number of carboxylic acids is 1. The number of rotatable bonds is 0. The van der Waals surface area contributed by atoms with Gasteiger partial charge in [0.2, 0.25) is 0 Å². The van der Waals surface area contributed by atoms with Crippen molar-refractivity contribution in [2.45, 2.75) is 6.92 Å². The van der Waals surface area contributed by atoms with Crippen LogP contribution in [0.4, 0.5) is 0 Å². The second-order valence-electron chi connectivity index (χ2n) is 0.927. The third kappa shape index (κ3) is 2620. The molecule has 0 unspecified atom stereocenters. The van der Waals surface area contributed by atoms with E-state index in [1.165, 1.54) is 0 Å². The average Bonchev–Trinajstić information content (AvgIpc) is 1.33. The van der Waals surface area contributed by atoms with Crippen molar-refractivity contribution in [2.24, 2.45) is 0 Å². The van der Waals surface area contributed by atoms with Crippen LogP contribution in [0.3, 0.4) is 0 Å². The topological polar surface area (TPSA) is 37.3 Å². The number of aliphatic carboxylic acids is 1. The minimum absolute atomic E-state index is 0.833. The van der Waals surface area contributed by atoms with Crippen molar-refractivity contribution in [3.63, 3.8) is 0 Å². The van der Waals surface area contributed by atoms with E-state index in [-0.39, 0.29) is 0 Å². The van der Waals surface area contributed by atoms with E-state index in [0.717, 1.165) is 6.92 Å². The van der Waals surface area contributed by atoms with Gasteiger partial charge in [0.1, 0.15) is 0 Å². The SMILES string of the molecule is CC(=O)O.CSC. The summed E-state index contributed by atoms with van der Waals surface area (Å²) < 4.78 is 0. The number of carboxylic acid groups (broad SMARTS) is 1. The highest BCUT2D eigenvalue weighted by atomic mass is 32.2. The zero-order valence-electron chi connectivity index (χ0n) is 4.76. The van der Waals surface area contributed by atoms with Gasteiger partial charge in [-0.2, -0.15) is 11.8 Å². The van der Waals surface area contributed by atoms with E-state index in [1.54, 1.807) is 11.8 Å². The van der Waals surface area contributed by atoms with E-state index in [4.69, 9.17) is 9.90 Å². The van der Waals surface area contributed by atoms with Gasteiger partial charge < -0.3 is 5.11 Å². The van der Waals surface area contributed by atoms with Gasteiger partial charge in [0.05, 0.1) is 0 Å². The molecule has 0 saturated carbocycles. The van der Waals surface area contributed by atoms with Crippen LogP contribution in [-0.2, 0) is 4.79 Å². The summed E-state index contributed by atoms with van der Waals surface area (Å²) in [6.45, 7) is 1.08. The molecule has 0 aliphatic carbocycles. The summed E-state index contributed by atoms with van der Waals surface area (Å²) in [5.41, 5.74) is 0. The van der Waals surface area contributed by atoms with Crippen LogP contribution in [0.25, 0.3) is 0 Å². The molecule has 0 heterocycles. The van der Waals surface area contributed by atoms with E-state index in [0.29, 0.717) is 0 Å². The Hall–Kier alpha value is -0.180. The molecule has 0 aliphatic heterocycles. The molecule has 0 aliphatic rings. The summed E-state index contributed by atoms with van der Waals surface area (Å²) >= 11 is 1.75. The number of thioether (sulfide) groups is 1. The van der Waals surface area contributed by atoms with Gasteiger partial charge in [-0.25, -0.2) is 0 Å². The molecule has 44 valence electrons. The Kier molecular flexibility index (Phi) is 13.2. The summed E-state index contributed by atoms with van der Waals surface area (Å²) in [5.74, 6) is -0.833. The fraction of sp³-hybridized carbons (Fsp3) is 0.750. The quantitative estimate of drug-likeness (QED) is 0.522. The van der Waals surface area contributed by atoms with Crippen molar-refractivity contribution < 1.29 is 9.90 Å². The molecule has 0 radical (unpaired) electrons. The second kappa shape index (κ2) is 9.27. The second-order valence-corrected chi connectivity index (χ2v) is 1.74. The average molecular weight is 122 g/mol.